The fourth-order valence-electron chi connectivity index (χ4n) is 3.23. The predicted molar refractivity (Wildman–Crippen MR) is 112 cm³/mol. The topological polar surface area (TPSA) is 45.2 Å². The standard InChI is InChI=1S/C21H20FN3OS.ClH/c22-17-8-6-15(7-9-17)12-20(26)24-21-23-18-10-11-25(14-19(18)27-21)13-16-4-2-1-3-5-16;/h1-9H,10-14H2,(H,23,24,26);1H. The van der Waals surface area contributed by atoms with E-state index in [9.17, 15) is 9.18 Å². The Hall–Kier alpha value is -2.28. The third-order valence-electron chi connectivity index (χ3n) is 4.58. The molecule has 146 valence electrons. The largest absolute Gasteiger partial charge is 0.302 e. The lowest BCUT2D eigenvalue weighted by atomic mass is 10.1. The Kier molecular flexibility index (Phi) is 6.78. The average Bonchev–Trinajstić information content (AvgIpc) is 3.06. The Labute approximate surface area is 173 Å². The molecule has 0 radical (unpaired) electrons. The van der Waals surface area contributed by atoms with Gasteiger partial charge in [0.2, 0.25) is 5.91 Å². The van der Waals surface area contributed by atoms with Crippen molar-refractivity contribution in [3.05, 3.63) is 82.1 Å². The molecule has 1 amide bonds. The van der Waals surface area contributed by atoms with Crippen LogP contribution in [0.3, 0.4) is 0 Å². The first-order valence-electron chi connectivity index (χ1n) is 8.95. The lowest BCUT2D eigenvalue weighted by Crippen LogP contribution is -2.29. The van der Waals surface area contributed by atoms with E-state index in [2.05, 4.69) is 39.5 Å². The van der Waals surface area contributed by atoms with Gasteiger partial charge in [-0.15, -0.1) is 23.7 Å². The molecular weight excluding hydrogens is 397 g/mol. The van der Waals surface area contributed by atoms with Gasteiger partial charge < -0.3 is 5.32 Å². The number of hydrogen-bond acceptors (Lipinski definition) is 4. The molecule has 1 aromatic heterocycles. The van der Waals surface area contributed by atoms with Crippen LogP contribution in [-0.2, 0) is 30.7 Å². The lowest BCUT2D eigenvalue weighted by molar-refractivity contribution is -0.115. The van der Waals surface area contributed by atoms with Gasteiger partial charge in [-0.2, -0.15) is 0 Å². The molecule has 1 aliphatic rings. The van der Waals surface area contributed by atoms with Crippen molar-refractivity contribution in [2.75, 3.05) is 11.9 Å². The second-order valence-corrected chi connectivity index (χ2v) is 7.77. The molecule has 0 aliphatic carbocycles. The third-order valence-corrected chi connectivity index (χ3v) is 5.58. The lowest BCUT2D eigenvalue weighted by Gasteiger charge is -2.25. The fraction of sp³-hybridized carbons (Fsp3) is 0.238. The number of nitrogens with zero attached hydrogens (tertiary/aromatic N) is 2. The molecular formula is C21H21ClFN3OS. The van der Waals surface area contributed by atoms with Gasteiger partial charge in [0.05, 0.1) is 12.1 Å². The first-order chi connectivity index (χ1) is 13.2. The van der Waals surface area contributed by atoms with Crippen molar-refractivity contribution < 1.29 is 9.18 Å². The first-order valence-corrected chi connectivity index (χ1v) is 9.76. The molecule has 3 aromatic rings. The van der Waals surface area contributed by atoms with E-state index < -0.39 is 0 Å². The Bertz CT molecular complexity index is 931. The van der Waals surface area contributed by atoms with E-state index >= 15 is 0 Å². The minimum Gasteiger partial charge on any atom is -0.302 e. The van der Waals surface area contributed by atoms with E-state index in [1.807, 2.05) is 6.07 Å². The minimum atomic E-state index is -0.299. The number of carbonyl (C=O) groups excluding carboxylic acids is 1. The molecule has 2 heterocycles. The van der Waals surface area contributed by atoms with Crippen LogP contribution in [0.25, 0.3) is 0 Å². The first kappa shape index (κ1) is 20.5. The third kappa shape index (κ3) is 5.16. The zero-order chi connectivity index (χ0) is 18.6. The summed E-state index contributed by atoms with van der Waals surface area (Å²) in [7, 11) is 0. The molecule has 0 unspecified atom stereocenters. The molecule has 0 fully saturated rings. The second-order valence-electron chi connectivity index (χ2n) is 6.69. The molecule has 0 saturated heterocycles. The number of rotatable bonds is 5. The van der Waals surface area contributed by atoms with Gasteiger partial charge in [0.1, 0.15) is 5.82 Å². The van der Waals surface area contributed by atoms with E-state index in [1.165, 1.54) is 22.6 Å². The van der Waals surface area contributed by atoms with Gasteiger partial charge in [-0.05, 0) is 23.3 Å². The molecule has 0 atom stereocenters. The van der Waals surface area contributed by atoms with E-state index in [0.717, 1.165) is 37.3 Å². The normalized spacial score (nSPS) is 13.5. The van der Waals surface area contributed by atoms with Crippen LogP contribution in [0.5, 0.6) is 0 Å². The van der Waals surface area contributed by atoms with Crippen LogP contribution in [0.2, 0.25) is 0 Å². The maximum atomic E-state index is 13.0. The molecule has 1 aliphatic heterocycles. The minimum absolute atomic E-state index is 0. The smallest absolute Gasteiger partial charge is 0.230 e. The molecule has 2 aromatic carbocycles. The number of benzene rings is 2. The van der Waals surface area contributed by atoms with Gasteiger partial charge in [0.15, 0.2) is 5.13 Å². The van der Waals surface area contributed by atoms with Crippen molar-refractivity contribution in [3.63, 3.8) is 0 Å². The van der Waals surface area contributed by atoms with Crippen LogP contribution in [0, 0.1) is 5.82 Å². The van der Waals surface area contributed by atoms with Crippen LogP contribution in [0.4, 0.5) is 9.52 Å². The van der Waals surface area contributed by atoms with Crippen LogP contribution < -0.4 is 5.32 Å². The number of anilines is 1. The van der Waals surface area contributed by atoms with Crippen LogP contribution in [-0.4, -0.2) is 22.3 Å². The summed E-state index contributed by atoms with van der Waals surface area (Å²) in [5.41, 5.74) is 3.17. The highest BCUT2D eigenvalue weighted by atomic mass is 35.5. The SMILES string of the molecule is Cl.O=C(Cc1ccc(F)cc1)Nc1nc2c(s1)CN(Cc1ccccc1)CC2. The number of thiazole rings is 1. The Morgan fingerprint density at radius 3 is 2.61 bits per heavy atom. The van der Waals surface area contributed by atoms with Gasteiger partial charge in [-0.25, -0.2) is 9.37 Å². The molecule has 28 heavy (non-hydrogen) atoms. The summed E-state index contributed by atoms with van der Waals surface area (Å²) >= 11 is 1.55. The highest BCUT2D eigenvalue weighted by molar-refractivity contribution is 7.15. The number of amides is 1. The maximum Gasteiger partial charge on any atom is 0.230 e. The van der Waals surface area contributed by atoms with Gasteiger partial charge in [-0.3, -0.25) is 9.69 Å². The van der Waals surface area contributed by atoms with Crippen molar-refractivity contribution in [1.82, 2.24) is 9.88 Å². The molecule has 7 heteroatoms. The van der Waals surface area contributed by atoms with Gasteiger partial charge >= 0.3 is 0 Å². The quantitative estimate of drug-likeness (QED) is 0.667. The molecule has 0 saturated carbocycles. The zero-order valence-electron chi connectivity index (χ0n) is 15.2. The summed E-state index contributed by atoms with van der Waals surface area (Å²) in [5, 5.41) is 3.53. The van der Waals surface area contributed by atoms with E-state index in [1.54, 1.807) is 23.5 Å². The van der Waals surface area contributed by atoms with Crippen LogP contribution in [0.15, 0.2) is 54.6 Å². The molecule has 0 bridgehead atoms. The van der Waals surface area contributed by atoms with E-state index in [-0.39, 0.29) is 30.6 Å². The second kappa shape index (κ2) is 9.28. The number of hydrogen-bond donors (Lipinski definition) is 1. The number of nitrogens with one attached hydrogen (secondary N) is 1. The summed E-state index contributed by atoms with van der Waals surface area (Å²) in [4.78, 5) is 20.4. The van der Waals surface area contributed by atoms with E-state index in [0.29, 0.717) is 5.13 Å². The predicted octanol–water partition coefficient (Wildman–Crippen LogP) is 4.44. The highest BCUT2D eigenvalue weighted by Gasteiger charge is 2.21. The molecule has 1 N–H and O–H groups in total. The van der Waals surface area contributed by atoms with Crippen molar-refractivity contribution in [3.8, 4) is 0 Å². The Morgan fingerprint density at radius 2 is 1.86 bits per heavy atom. The van der Waals surface area contributed by atoms with Crippen molar-refractivity contribution in [2.24, 2.45) is 0 Å². The van der Waals surface area contributed by atoms with Gasteiger partial charge in [0.25, 0.3) is 0 Å². The number of halogens is 2. The van der Waals surface area contributed by atoms with Crippen LogP contribution >= 0.6 is 23.7 Å². The zero-order valence-corrected chi connectivity index (χ0v) is 16.9. The monoisotopic (exact) mass is 417 g/mol. The van der Waals surface area contributed by atoms with Crippen LogP contribution in [0.1, 0.15) is 21.7 Å². The summed E-state index contributed by atoms with van der Waals surface area (Å²) in [6.07, 6.45) is 1.11. The summed E-state index contributed by atoms with van der Waals surface area (Å²) in [5.74, 6) is -0.430. The van der Waals surface area contributed by atoms with E-state index in [4.69, 9.17) is 0 Å². The molecule has 4 rings (SSSR count). The number of aromatic nitrogens is 1. The van der Waals surface area contributed by atoms with Crippen molar-refractivity contribution in [1.29, 1.82) is 0 Å². The molecule has 4 nitrogen and oxygen atoms in total. The number of fused-ring (bicyclic) bond motifs is 1. The summed E-state index contributed by atoms with van der Waals surface area (Å²) in [6.45, 7) is 2.74. The fourth-order valence-corrected chi connectivity index (χ4v) is 4.30. The van der Waals surface area contributed by atoms with Crippen molar-refractivity contribution in [2.45, 2.75) is 25.9 Å². The van der Waals surface area contributed by atoms with Crippen molar-refractivity contribution >= 4 is 34.8 Å². The average molecular weight is 418 g/mol. The maximum absolute atomic E-state index is 13.0. The highest BCUT2D eigenvalue weighted by Crippen LogP contribution is 2.29. The number of carbonyl (C=O) groups is 1. The van der Waals surface area contributed by atoms with Gasteiger partial charge in [-0.1, -0.05) is 42.5 Å². The Balaban J connectivity index is 0.00000225. The van der Waals surface area contributed by atoms with Gasteiger partial charge in [0, 0.05) is 30.9 Å². The molecule has 0 spiro atoms. The Morgan fingerprint density at radius 1 is 1.11 bits per heavy atom. The summed E-state index contributed by atoms with van der Waals surface area (Å²) < 4.78 is 13.0. The summed E-state index contributed by atoms with van der Waals surface area (Å²) in [6, 6.07) is 16.4.